The van der Waals surface area contributed by atoms with Crippen molar-refractivity contribution in [2.75, 3.05) is 6.61 Å². The fraction of sp³-hybridized carbons (Fsp3) is 0.273. The number of carbonyl (C=O) groups is 2. The Kier molecular flexibility index (Phi) is 5.84. The first-order valence-corrected chi connectivity index (χ1v) is 8.81. The summed E-state index contributed by atoms with van der Waals surface area (Å²) in [7, 11) is 0. The van der Waals surface area contributed by atoms with Gasteiger partial charge in [0.2, 0.25) is 0 Å². The van der Waals surface area contributed by atoms with E-state index in [1.165, 1.54) is 6.92 Å². The van der Waals surface area contributed by atoms with E-state index in [2.05, 4.69) is 24.3 Å². The lowest BCUT2D eigenvalue weighted by Crippen LogP contribution is -2.41. The first-order chi connectivity index (χ1) is 12.7. The van der Waals surface area contributed by atoms with Gasteiger partial charge >= 0.3 is 11.9 Å². The minimum atomic E-state index is -0.291. The highest BCUT2D eigenvalue weighted by molar-refractivity contribution is 5.96. The zero-order chi connectivity index (χ0) is 18.4. The van der Waals surface area contributed by atoms with Crippen LogP contribution in [0.5, 0.6) is 0 Å². The molecule has 0 saturated carbocycles. The molecule has 0 radical (unpaired) electrons. The highest BCUT2D eigenvalue weighted by atomic mass is 16.6. The normalized spacial score (nSPS) is 17.7. The predicted octanol–water partition coefficient (Wildman–Crippen LogP) is 4.01. The number of hydrogen-bond donors (Lipinski definition) is 0. The van der Waals surface area contributed by atoms with E-state index in [-0.39, 0.29) is 24.0 Å². The molecule has 4 heteroatoms. The molecular weight excluding hydrogens is 328 g/mol. The SMILES string of the molecule is CC(=O)OCCC/C=C1\C(=O)OC1C(c1ccccc1)c1ccccc1. The quantitative estimate of drug-likeness (QED) is 0.430. The first-order valence-electron chi connectivity index (χ1n) is 8.81. The Balaban J connectivity index is 1.78. The molecule has 0 aromatic heterocycles. The summed E-state index contributed by atoms with van der Waals surface area (Å²) in [6, 6.07) is 20.2. The topological polar surface area (TPSA) is 52.6 Å². The molecular formula is C22H22O4. The Morgan fingerprint density at radius 3 is 2.15 bits per heavy atom. The van der Waals surface area contributed by atoms with E-state index >= 15 is 0 Å². The summed E-state index contributed by atoms with van der Waals surface area (Å²) in [5, 5.41) is 0. The zero-order valence-electron chi connectivity index (χ0n) is 14.8. The van der Waals surface area contributed by atoms with Gasteiger partial charge in [-0.25, -0.2) is 4.79 Å². The molecule has 2 aromatic carbocycles. The van der Waals surface area contributed by atoms with Gasteiger partial charge < -0.3 is 9.47 Å². The summed E-state index contributed by atoms with van der Waals surface area (Å²) < 4.78 is 10.5. The van der Waals surface area contributed by atoms with E-state index < -0.39 is 0 Å². The molecule has 1 aliphatic rings. The van der Waals surface area contributed by atoms with Gasteiger partial charge in [-0.15, -0.1) is 0 Å². The Morgan fingerprint density at radius 2 is 1.65 bits per heavy atom. The van der Waals surface area contributed by atoms with Gasteiger partial charge in [-0.2, -0.15) is 0 Å². The maximum absolute atomic E-state index is 12.0. The molecule has 0 bridgehead atoms. The van der Waals surface area contributed by atoms with Gasteiger partial charge in [0, 0.05) is 6.92 Å². The van der Waals surface area contributed by atoms with Crippen molar-refractivity contribution >= 4 is 11.9 Å². The maximum atomic E-state index is 12.0. The molecule has 1 unspecified atom stereocenters. The Morgan fingerprint density at radius 1 is 1.08 bits per heavy atom. The molecule has 4 nitrogen and oxygen atoms in total. The van der Waals surface area contributed by atoms with Gasteiger partial charge in [0.1, 0.15) is 6.10 Å². The summed E-state index contributed by atoms with van der Waals surface area (Å²) in [6.45, 7) is 1.75. The van der Waals surface area contributed by atoms with E-state index in [9.17, 15) is 9.59 Å². The largest absolute Gasteiger partial charge is 0.466 e. The van der Waals surface area contributed by atoms with Crippen LogP contribution in [0.1, 0.15) is 36.8 Å². The third-order valence-electron chi connectivity index (χ3n) is 4.41. The lowest BCUT2D eigenvalue weighted by atomic mass is 9.80. The number of ether oxygens (including phenoxy) is 2. The Hall–Kier alpha value is -2.88. The second kappa shape index (κ2) is 8.48. The molecule has 1 heterocycles. The molecule has 1 aliphatic heterocycles. The van der Waals surface area contributed by atoms with Gasteiger partial charge in [0.05, 0.1) is 18.1 Å². The van der Waals surface area contributed by atoms with Gasteiger partial charge in [-0.1, -0.05) is 66.7 Å². The average molecular weight is 350 g/mol. The van der Waals surface area contributed by atoms with Crippen molar-refractivity contribution in [2.24, 2.45) is 0 Å². The van der Waals surface area contributed by atoms with Crippen LogP contribution in [0, 0.1) is 0 Å². The molecule has 1 atom stereocenters. The van der Waals surface area contributed by atoms with Gasteiger partial charge in [-0.3, -0.25) is 4.79 Å². The van der Waals surface area contributed by atoms with Crippen LogP contribution in [0.25, 0.3) is 0 Å². The van der Waals surface area contributed by atoms with E-state index in [0.29, 0.717) is 25.0 Å². The van der Waals surface area contributed by atoms with Crippen LogP contribution in [0.4, 0.5) is 0 Å². The number of unbranched alkanes of at least 4 members (excludes halogenated alkanes) is 1. The van der Waals surface area contributed by atoms with Crippen LogP contribution in [-0.4, -0.2) is 24.6 Å². The first kappa shape index (κ1) is 17.9. The lowest BCUT2D eigenvalue weighted by molar-refractivity contribution is -0.157. The predicted molar refractivity (Wildman–Crippen MR) is 98.6 cm³/mol. The summed E-state index contributed by atoms with van der Waals surface area (Å²) in [5.41, 5.74) is 2.93. The third-order valence-corrected chi connectivity index (χ3v) is 4.41. The van der Waals surface area contributed by atoms with Crippen LogP contribution in [0.15, 0.2) is 72.3 Å². The molecule has 3 rings (SSSR count). The number of cyclic esters (lactones) is 1. The summed E-state index contributed by atoms with van der Waals surface area (Å²) >= 11 is 0. The van der Waals surface area contributed by atoms with E-state index in [4.69, 9.17) is 9.47 Å². The molecule has 2 aromatic rings. The highest BCUT2D eigenvalue weighted by Gasteiger charge is 2.42. The van der Waals surface area contributed by atoms with Gasteiger partial charge in [0.15, 0.2) is 0 Å². The van der Waals surface area contributed by atoms with Crippen LogP contribution in [0.3, 0.4) is 0 Å². The Labute approximate surface area is 153 Å². The molecule has 0 amide bonds. The number of carbonyl (C=O) groups excluding carboxylic acids is 2. The smallest absolute Gasteiger partial charge is 0.338 e. The lowest BCUT2D eigenvalue weighted by Gasteiger charge is -2.36. The summed E-state index contributed by atoms with van der Waals surface area (Å²) in [6.07, 6.45) is 2.98. The van der Waals surface area contributed by atoms with Crippen LogP contribution in [0.2, 0.25) is 0 Å². The van der Waals surface area contributed by atoms with E-state index in [0.717, 1.165) is 11.1 Å². The second-order valence-electron chi connectivity index (χ2n) is 6.27. The van der Waals surface area contributed by atoms with Crippen LogP contribution in [-0.2, 0) is 19.1 Å². The molecule has 1 fully saturated rings. The van der Waals surface area contributed by atoms with Crippen LogP contribution >= 0.6 is 0 Å². The minimum Gasteiger partial charge on any atom is -0.466 e. The van der Waals surface area contributed by atoms with Crippen molar-refractivity contribution in [3.63, 3.8) is 0 Å². The summed E-state index contributed by atoms with van der Waals surface area (Å²) in [5.74, 6) is -0.582. The van der Waals surface area contributed by atoms with Crippen molar-refractivity contribution in [2.45, 2.75) is 31.8 Å². The maximum Gasteiger partial charge on any atom is 0.338 e. The van der Waals surface area contributed by atoms with E-state index in [1.807, 2.05) is 42.5 Å². The number of rotatable bonds is 7. The molecule has 0 N–H and O–H groups in total. The van der Waals surface area contributed by atoms with Crippen molar-refractivity contribution in [1.82, 2.24) is 0 Å². The van der Waals surface area contributed by atoms with Crippen molar-refractivity contribution in [3.8, 4) is 0 Å². The molecule has 0 spiro atoms. The Bertz CT molecular complexity index is 741. The van der Waals surface area contributed by atoms with Crippen LogP contribution < -0.4 is 0 Å². The number of benzene rings is 2. The molecule has 0 aliphatic carbocycles. The highest BCUT2D eigenvalue weighted by Crippen LogP contribution is 2.39. The van der Waals surface area contributed by atoms with Crippen molar-refractivity contribution < 1.29 is 19.1 Å². The fourth-order valence-electron chi connectivity index (χ4n) is 3.17. The standard InChI is InChI=1S/C22H22O4/c1-16(23)25-15-9-8-14-19-21(26-22(19)24)20(17-10-4-2-5-11-17)18-12-6-3-7-13-18/h2-7,10-14,20-21H,8-9,15H2,1H3/b19-14-. The number of allylic oxidation sites excluding steroid dienone is 1. The summed E-state index contributed by atoms with van der Waals surface area (Å²) in [4.78, 5) is 22.8. The van der Waals surface area contributed by atoms with Gasteiger partial charge in [-0.05, 0) is 24.0 Å². The fourth-order valence-corrected chi connectivity index (χ4v) is 3.17. The molecule has 1 saturated heterocycles. The second-order valence-corrected chi connectivity index (χ2v) is 6.27. The number of hydrogen-bond acceptors (Lipinski definition) is 4. The average Bonchev–Trinajstić information content (AvgIpc) is 2.65. The monoisotopic (exact) mass is 350 g/mol. The van der Waals surface area contributed by atoms with Crippen molar-refractivity contribution in [1.29, 1.82) is 0 Å². The molecule has 134 valence electrons. The third kappa shape index (κ3) is 4.20. The molecule has 26 heavy (non-hydrogen) atoms. The van der Waals surface area contributed by atoms with Gasteiger partial charge in [0.25, 0.3) is 0 Å². The minimum absolute atomic E-state index is 0.0326. The van der Waals surface area contributed by atoms with Crippen molar-refractivity contribution in [3.05, 3.63) is 83.4 Å². The number of esters is 2. The zero-order valence-corrected chi connectivity index (χ0v) is 14.8. The van der Waals surface area contributed by atoms with E-state index in [1.54, 1.807) is 0 Å².